The van der Waals surface area contributed by atoms with Crippen LogP contribution in [-0.4, -0.2) is 104 Å². The predicted octanol–water partition coefficient (Wildman–Crippen LogP) is 5.57. The first-order chi connectivity index (χ1) is 28.0. The van der Waals surface area contributed by atoms with Crippen LogP contribution in [0.2, 0.25) is 0 Å². The van der Waals surface area contributed by atoms with Crippen LogP contribution in [0.25, 0.3) is 0 Å². The van der Waals surface area contributed by atoms with Gasteiger partial charge in [-0.1, -0.05) is 102 Å². The molecular weight excluding hydrogens is 763 g/mol. The molecule has 2 aliphatic heterocycles. The zero-order chi connectivity index (χ0) is 42.1. The molecule has 16 heteroatoms. The monoisotopic (exact) mass is 830 g/mol. The van der Waals surface area contributed by atoms with Gasteiger partial charge in [-0.05, 0) is 57.9 Å². The molecule has 0 spiro atoms. The highest BCUT2D eigenvalue weighted by molar-refractivity contribution is 5.99. The molecule has 0 aromatic heterocycles. The van der Waals surface area contributed by atoms with Gasteiger partial charge in [0.05, 0.1) is 13.0 Å². The Morgan fingerprint density at radius 3 is 2.28 bits per heavy atom. The van der Waals surface area contributed by atoms with Crippen LogP contribution in [0.1, 0.15) is 160 Å². The number of carbonyl (C=O) groups excluding carboxylic acids is 5. The van der Waals surface area contributed by atoms with Crippen LogP contribution in [0.4, 0.5) is 0 Å². The molecule has 2 fully saturated rings. The molecule has 2 aliphatic rings. The van der Waals surface area contributed by atoms with Crippen LogP contribution in [0, 0.1) is 0 Å². The number of para-hydroxylation sites is 1. The number of rotatable bonds is 28. The van der Waals surface area contributed by atoms with E-state index in [1.807, 2.05) is 0 Å². The Kier molecular flexibility index (Phi) is 23.6. The number of unbranched alkanes of at least 4 members (excludes halogenated alkanes) is 13. The van der Waals surface area contributed by atoms with Crippen LogP contribution >= 0.6 is 0 Å². The van der Waals surface area contributed by atoms with Gasteiger partial charge in [0.15, 0.2) is 0 Å². The molecule has 4 amide bonds. The summed E-state index contributed by atoms with van der Waals surface area (Å²) >= 11 is 0. The lowest BCUT2D eigenvalue weighted by atomic mass is 10.0. The quantitative estimate of drug-likeness (QED) is 0.0233. The Morgan fingerprint density at radius 2 is 1.62 bits per heavy atom. The molecule has 5 N–H and O–H groups in total. The molecule has 0 bridgehead atoms. The molecule has 1 aromatic rings. The number of hydrogen-bond donors (Lipinski definition) is 5. The largest absolute Gasteiger partial charge is 0.508 e. The van der Waals surface area contributed by atoms with Crippen LogP contribution in [0.3, 0.4) is 0 Å². The smallest absolute Gasteiger partial charge is 0.328 e. The summed E-state index contributed by atoms with van der Waals surface area (Å²) in [6.45, 7) is 4.23. The second kappa shape index (κ2) is 28.0. The fraction of sp³-hybridized carbons (Fsp3) is 0.738. The number of ether oxygens (including phenoxy) is 2. The topological polar surface area (TPSA) is 196 Å². The van der Waals surface area contributed by atoms with Crippen molar-refractivity contribution in [2.75, 3.05) is 19.7 Å². The van der Waals surface area contributed by atoms with Gasteiger partial charge in [-0.25, -0.2) is 14.9 Å². The van der Waals surface area contributed by atoms with E-state index in [4.69, 9.17) is 14.0 Å². The number of nitrogens with one attached hydrogen (secondary N) is 3. The average Bonchev–Trinajstić information content (AvgIpc) is 3.63. The van der Waals surface area contributed by atoms with E-state index in [1.165, 1.54) is 63.9 Å². The van der Waals surface area contributed by atoms with E-state index in [2.05, 4.69) is 33.4 Å². The number of hydrogen-bond acceptors (Lipinski definition) is 11. The summed E-state index contributed by atoms with van der Waals surface area (Å²) in [7, 11) is 2.89. The summed E-state index contributed by atoms with van der Waals surface area (Å²) in [5, 5.41) is 31.0. The fourth-order valence-corrected chi connectivity index (χ4v) is 7.44. The molecular formula is C42H68N5O10Si. The highest BCUT2D eigenvalue weighted by atomic mass is 28.2. The zero-order valence-electron chi connectivity index (χ0n) is 34.7. The van der Waals surface area contributed by atoms with Gasteiger partial charge in [0, 0.05) is 25.1 Å². The maximum absolute atomic E-state index is 13.5. The number of esters is 1. The summed E-state index contributed by atoms with van der Waals surface area (Å²) in [6.07, 6.45) is 16.8. The maximum Gasteiger partial charge on any atom is 0.328 e. The second-order valence-corrected chi connectivity index (χ2v) is 15.8. The molecule has 15 nitrogen and oxygen atoms in total. The van der Waals surface area contributed by atoms with E-state index in [-0.39, 0.29) is 50.0 Å². The standard InChI is InChI=1S/C42H68N5O10Si/c1-3-4-5-6-7-8-9-10-11-12-13-14-15-26-38(50)46(54)27-20-18-24-34(44-39(51)35-30-55-40(45-35)32-22-16-17-25-36(32)48)42(53)56-31(2)29-37(49)43-33-23-19-21-28-47(57-58)41(33)52/h16-17,22,25,31,33-35,40,45,48,54H,3-15,18-21,23-24,26-30H2,1-2H3,(H,43,49)(H,44,51)/t31-,33+,34+,35-,40?/m1/s1. The number of phenolic OH excluding ortho intramolecular Hbond substituents is 1. The lowest BCUT2D eigenvalue weighted by molar-refractivity contribution is -0.165. The van der Waals surface area contributed by atoms with Crippen LogP contribution in [0.5, 0.6) is 5.75 Å². The normalized spacial score (nSPS) is 19.3. The van der Waals surface area contributed by atoms with Crippen molar-refractivity contribution in [1.82, 2.24) is 26.1 Å². The molecule has 0 aliphatic carbocycles. The first-order valence-electron chi connectivity index (χ1n) is 21.6. The summed E-state index contributed by atoms with van der Waals surface area (Å²) in [5.41, 5.74) is 0.468. The summed E-state index contributed by atoms with van der Waals surface area (Å²) in [6, 6.07) is 3.89. The number of hydroxylamine groups is 4. The van der Waals surface area contributed by atoms with Crippen LogP contribution < -0.4 is 16.0 Å². The van der Waals surface area contributed by atoms with Crippen molar-refractivity contribution in [2.24, 2.45) is 0 Å². The van der Waals surface area contributed by atoms with Crippen molar-refractivity contribution in [3.8, 4) is 5.75 Å². The van der Waals surface area contributed by atoms with E-state index >= 15 is 0 Å². The first kappa shape index (κ1) is 48.8. The highest BCUT2D eigenvalue weighted by Crippen LogP contribution is 2.28. The molecule has 3 rings (SSSR count). The molecule has 2 saturated heterocycles. The van der Waals surface area contributed by atoms with Gasteiger partial charge >= 0.3 is 5.97 Å². The third-order valence-electron chi connectivity index (χ3n) is 10.7. The summed E-state index contributed by atoms with van der Waals surface area (Å²) in [5.74, 6) is -2.48. The summed E-state index contributed by atoms with van der Waals surface area (Å²) < 4.78 is 16.3. The van der Waals surface area contributed by atoms with Gasteiger partial charge in [-0.2, -0.15) is 0 Å². The van der Waals surface area contributed by atoms with Crippen LogP contribution in [-0.2, 0) is 38.0 Å². The molecule has 3 radical (unpaired) electrons. The lowest BCUT2D eigenvalue weighted by Gasteiger charge is -2.24. The lowest BCUT2D eigenvalue weighted by Crippen LogP contribution is -2.50. The molecule has 5 atom stereocenters. The zero-order valence-corrected chi connectivity index (χ0v) is 35.7. The Labute approximate surface area is 348 Å². The first-order valence-corrected chi connectivity index (χ1v) is 22.0. The van der Waals surface area contributed by atoms with E-state index in [1.54, 1.807) is 25.1 Å². The number of aromatic hydroxyl groups is 1. The molecule has 58 heavy (non-hydrogen) atoms. The third-order valence-corrected chi connectivity index (χ3v) is 10.9. The Morgan fingerprint density at radius 1 is 0.966 bits per heavy atom. The number of carbonyl (C=O) groups is 5. The van der Waals surface area contributed by atoms with Gasteiger partial charge in [0.1, 0.15) is 36.2 Å². The van der Waals surface area contributed by atoms with Crippen molar-refractivity contribution in [3.05, 3.63) is 29.8 Å². The molecule has 2 heterocycles. The van der Waals surface area contributed by atoms with Gasteiger partial charge in [0.25, 0.3) is 16.4 Å². The Hall–Kier alpha value is -3.57. The summed E-state index contributed by atoms with van der Waals surface area (Å²) in [4.78, 5) is 65.0. The van der Waals surface area contributed by atoms with Gasteiger partial charge in [0.2, 0.25) is 17.7 Å². The van der Waals surface area contributed by atoms with Crippen molar-refractivity contribution < 1.29 is 48.3 Å². The average molecular weight is 831 g/mol. The number of benzene rings is 1. The number of phenols is 1. The van der Waals surface area contributed by atoms with Crippen molar-refractivity contribution >= 4 is 40.1 Å². The van der Waals surface area contributed by atoms with E-state index in [9.17, 15) is 34.3 Å². The number of nitrogens with zero attached hydrogens (tertiary/aromatic N) is 2. The van der Waals surface area contributed by atoms with Crippen molar-refractivity contribution in [1.29, 1.82) is 0 Å². The molecule has 1 unspecified atom stereocenters. The van der Waals surface area contributed by atoms with Gasteiger partial charge < -0.3 is 29.7 Å². The van der Waals surface area contributed by atoms with Crippen molar-refractivity contribution in [2.45, 2.75) is 179 Å². The Balaban J connectivity index is 1.44. The van der Waals surface area contributed by atoms with E-state index < -0.39 is 48.2 Å². The predicted molar refractivity (Wildman–Crippen MR) is 218 cm³/mol. The molecule has 0 saturated carbocycles. The third kappa shape index (κ3) is 18.1. The second-order valence-electron chi connectivity index (χ2n) is 15.7. The minimum atomic E-state index is -1.11. The SMILES string of the molecule is CCCCCCCCCCCCCCCC(=O)N(O)CCCC[C@H](NC(=O)[C@H]1COC(c2ccccc2O)N1)C(=O)O[C@H](C)CC(=O)N[C@H]1CCCCN(O[Si])C1=O. The minimum absolute atomic E-state index is 0.0124. The minimum Gasteiger partial charge on any atom is -0.508 e. The van der Waals surface area contributed by atoms with Gasteiger partial charge in [-0.3, -0.25) is 29.7 Å². The van der Waals surface area contributed by atoms with E-state index in [0.29, 0.717) is 50.6 Å². The maximum atomic E-state index is 13.5. The number of amides is 4. The van der Waals surface area contributed by atoms with E-state index in [0.717, 1.165) is 29.4 Å². The van der Waals surface area contributed by atoms with Crippen LogP contribution in [0.15, 0.2) is 24.3 Å². The van der Waals surface area contributed by atoms with Crippen molar-refractivity contribution in [3.63, 3.8) is 0 Å². The molecule has 325 valence electrons. The fourth-order valence-electron chi connectivity index (χ4n) is 7.26. The Bertz CT molecular complexity index is 1410. The van der Waals surface area contributed by atoms with Gasteiger partial charge in [-0.15, -0.1) is 0 Å². The highest BCUT2D eigenvalue weighted by Gasteiger charge is 2.35. The molecule has 1 aromatic carbocycles.